The Labute approximate surface area is 128 Å². The van der Waals surface area contributed by atoms with E-state index in [-0.39, 0.29) is 40.1 Å². The minimum absolute atomic E-state index is 0.0301. The predicted octanol–water partition coefficient (Wildman–Crippen LogP) is 2.86. The third-order valence-corrected chi connectivity index (χ3v) is 4.56. The van der Waals surface area contributed by atoms with Crippen molar-refractivity contribution in [1.29, 1.82) is 0 Å². The lowest BCUT2D eigenvalue weighted by atomic mass is 9.85. The van der Waals surface area contributed by atoms with E-state index in [1.54, 1.807) is 0 Å². The maximum atomic E-state index is 12.3. The zero-order chi connectivity index (χ0) is 14.7. The minimum atomic E-state index is -0.297. The Morgan fingerprint density at radius 3 is 2.75 bits per heavy atom. The molecule has 0 radical (unpaired) electrons. The number of hydrogen-bond donors (Lipinski definition) is 3. The highest BCUT2D eigenvalue weighted by Crippen LogP contribution is 2.30. The van der Waals surface area contributed by atoms with Gasteiger partial charge in [-0.05, 0) is 25.0 Å². The van der Waals surface area contributed by atoms with Crippen molar-refractivity contribution in [2.24, 2.45) is 5.92 Å². The molecule has 4 N–H and O–H groups in total. The van der Waals surface area contributed by atoms with Crippen LogP contribution in [-0.2, 0) is 0 Å². The Balaban J connectivity index is 2.15. The molecule has 2 atom stereocenters. The first kappa shape index (κ1) is 15.4. The Morgan fingerprint density at radius 1 is 1.35 bits per heavy atom. The van der Waals surface area contributed by atoms with Gasteiger partial charge in [0.1, 0.15) is 0 Å². The molecule has 6 heteroatoms. The van der Waals surface area contributed by atoms with E-state index in [2.05, 4.69) is 5.32 Å². The van der Waals surface area contributed by atoms with Crippen LogP contribution in [0.2, 0.25) is 10.0 Å². The molecule has 0 heterocycles. The quantitative estimate of drug-likeness (QED) is 0.750. The van der Waals surface area contributed by atoms with Crippen LogP contribution in [0.15, 0.2) is 12.1 Å². The molecule has 0 bridgehead atoms. The minimum Gasteiger partial charge on any atom is -0.399 e. The molecule has 0 aliphatic heterocycles. The lowest BCUT2D eigenvalue weighted by molar-refractivity contribution is 0.0873. The van der Waals surface area contributed by atoms with Crippen LogP contribution >= 0.6 is 23.2 Å². The summed E-state index contributed by atoms with van der Waals surface area (Å²) in [5.74, 6) is -0.197. The molecule has 1 aromatic rings. The van der Waals surface area contributed by atoms with Gasteiger partial charge in [-0.3, -0.25) is 4.79 Å². The van der Waals surface area contributed by atoms with E-state index in [4.69, 9.17) is 28.9 Å². The monoisotopic (exact) mass is 316 g/mol. The Morgan fingerprint density at radius 2 is 2.05 bits per heavy atom. The number of nitrogen functional groups attached to an aromatic ring is 1. The summed E-state index contributed by atoms with van der Waals surface area (Å²) in [4.78, 5) is 12.3. The second-order valence-corrected chi connectivity index (χ2v) is 5.96. The summed E-state index contributed by atoms with van der Waals surface area (Å²) in [6.07, 6.45) is 3.92. The molecule has 1 aromatic carbocycles. The maximum absolute atomic E-state index is 12.3. The average Bonchev–Trinajstić information content (AvgIpc) is 2.43. The van der Waals surface area contributed by atoms with Gasteiger partial charge < -0.3 is 16.2 Å². The third kappa shape index (κ3) is 3.37. The lowest BCUT2D eigenvalue weighted by Gasteiger charge is -2.31. The van der Waals surface area contributed by atoms with E-state index < -0.39 is 0 Å². The first-order valence-electron chi connectivity index (χ1n) is 6.69. The zero-order valence-electron chi connectivity index (χ0n) is 11.0. The summed E-state index contributed by atoms with van der Waals surface area (Å²) in [7, 11) is 0. The second kappa shape index (κ2) is 6.66. The number of amides is 1. The van der Waals surface area contributed by atoms with E-state index in [1.165, 1.54) is 12.1 Å². The van der Waals surface area contributed by atoms with Gasteiger partial charge in [0, 0.05) is 24.3 Å². The fraction of sp³-hybridized carbons (Fsp3) is 0.500. The fourth-order valence-corrected chi connectivity index (χ4v) is 3.06. The van der Waals surface area contributed by atoms with E-state index >= 15 is 0 Å². The normalized spacial score (nSPS) is 22.6. The summed E-state index contributed by atoms with van der Waals surface area (Å²) in [6.45, 7) is 0.0797. The van der Waals surface area contributed by atoms with Crippen LogP contribution in [0.25, 0.3) is 0 Å². The highest BCUT2D eigenvalue weighted by Gasteiger charge is 2.27. The number of rotatable bonds is 3. The number of hydrogen-bond acceptors (Lipinski definition) is 3. The van der Waals surface area contributed by atoms with Crippen molar-refractivity contribution < 1.29 is 9.90 Å². The molecule has 1 amide bonds. The van der Waals surface area contributed by atoms with Gasteiger partial charge in [-0.2, -0.15) is 0 Å². The number of benzene rings is 1. The molecular formula is C14H18Cl2N2O2. The topological polar surface area (TPSA) is 75.4 Å². The largest absolute Gasteiger partial charge is 0.399 e. The molecule has 1 fully saturated rings. The van der Waals surface area contributed by atoms with Crippen molar-refractivity contribution in [3.05, 3.63) is 27.7 Å². The van der Waals surface area contributed by atoms with Gasteiger partial charge in [-0.1, -0.05) is 36.0 Å². The van der Waals surface area contributed by atoms with E-state index in [0.717, 1.165) is 25.7 Å². The van der Waals surface area contributed by atoms with E-state index in [9.17, 15) is 9.90 Å². The number of aliphatic hydroxyl groups is 1. The molecule has 2 unspecified atom stereocenters. The highest BCUT2D eigenvalue weighted by atomic mass is 35.5. The van der Waals surface area contributed by atoms with Crippen molar-refractivity contribution in [3.63, 3.8) is 0 Å². The van der Waals surface area contributed by atoms with Crippen LogP contribution in [0.3, 0.4) is 0 Å². The SMILES string of the molecule is Nc1cc(Cl)c(Cl)c(C(=O)NC2CCCCC2CO)c1. The molecule has 1 saturated carbocycles. The number of nitrogens with two attached hydrogens (primary N) is 1. The zero-order valence-corrected chi connectivity index (χ0v) is 12.5. The fourth-order valence-electron chi connectivity index (χ4n) is 2.64. The van der Waals surface area contributed by atoms with Gasteiger partial charge in [0.05, 0.1) is 15.6 Å². The lowest BCUT2D eigenvalue weighted by Crippen LogP contribution is -2.43. The van der Waals surface area contributed by atoms with Gasteiger partial charge in [0.2, 0.25) is 0 Å². The molecular weight excluding hydrogens is 299 g/mol. The summed E-state index contributed by atoms with van der Waals surface area (Å²) >= 11 is 12.0. The number of carbonyl (C=O) groups is 1. The number of carbonyl (C=O) groups excluding carboxylic acids is 1. The molecule has 0 aromatic heterocycles. The van der Waals surface area contributed by atoms with Gasteiger partial charge in [-0.25, -0.2) is 0 Å². The van der Waals surface area contributed by atoms with Gasteiger partial charge in [0.25, 0.3) is 5.91 Å². The van der Waals surface area contributed by atoms with Crippen molar-refractivity contribution in [2.45, 2.75) is 31.7 Å². The Bertz CT molecular complexity index is 508. The average molecular weight is 317 g/mol. The summed E-state index contributed by atoms with van der Waals surface area (Å²) in [5.41, 5.74) is 6.36. The van der Waals surface area contributed by atoms with Crippen LogP contribution in [0.1, 0.15) is 36.0 Å². The summed E-state index contributed by atoms with van der Waals surface area (Å²) in [5, 5.41) is 12.8. The molecule has 0 spiro atoms. The molecule has 110 valence electrons. The van der Waals surface area contributed by atoms with E-state index in [1.807, 2.05) is 0 Å². The van der Waals surface area contributed by atoms with E-state index in [0.29, 0.717) is 5.69 Å². The van der Waals surface area contributed by atoms with Crippen LogP contribution in [0.4, 0.5) is 5.69 Å². The molecule has 20 heavy (non-hydrogen) atoms. The second-order valence-electron chi connectivity index (χ2n) is 5.17. The smallest absolute Gasteiger partial charge is 0.253 e. The van der Waals surface area contributed by atoms with Crippen molar-refractivity contribution in [3.8, 4) is 0 Å². The first-order valence-corrected chi connectivity index (χ1v) is 7.44. The summed E-state index contributed by atoms with van der Waals surface area (Å²) in [6, 6.07) is 3.00. The third-order valence-electron chi connectivity index (χ3n) is 3.76. The standard InChI is InChI=1S/C14H18Cl2N2O2/c15-11-6-9(17)5-10(13(11)16)14(20)18-12-4-2-1-3-8(12)7-19/h5-6,8,12,19H,1-4,7,17H2,(H,18,20). The van der Waals surface area contributed by atoms with Crippen LogP contribution in [-0.4, -0.2) is 23.7 Å². The van der Waals surface area contributed by atoms with Crippen LogP contribution in [0.5, 0.6) is 0 Å². The predicted molar refractivity (Wildman–Crippen MR) is 81.2 cm³/mol. The van der Waals surface area contributed by atoms with Crippen molar-refractivity contribution in [2.75, 3.05) is 12.3 Å². The highest BCUT2D eigenvalue weighted by molar-refractivity contribution is 6.44. The van der Waals surface area contributed by atoms with Gasteiger partial charge >= 0.3 is 0 Å². The molecule has 4 nitrogen and oxygen atoms in total. The van der Waals surface area contributed by atoms with Crippen LogP contribution in [0, 0.1) is 5.92 Å². The Hall–Kier alpha value is -0.970. The van der Waals surface area contributed by atoms with Gasteiger partial charge in [0.15, 0.2) is 0 Å². The molecule has 1 aliphatic carbocycles. The maximum Gasteiger partial charge on any atom is 0.253 e. The van der Waals surface area contributed by atoms with Crippen molar-refractivity contribution >= 4 is 34.8 Å². The number of halogens is 2. The number of nitrogens with one attached hydrogen (secondary N) is 1. The Kier molecular flexibility index (Phi) is 5.13. The molecule has 2 rings (SSSR count). The van der Waals surface area contributed by atoms with Crippen LogP contribution < -0.4 is 11.1 Å². The first-order chi connectivity index (χ1) is 9.52. The van der Waals surface area contributed by atoms with Gasteiger partial charge in [-0.15, -0.1) is 0 Å². The number of anilines is 1. The molecule has 1 aliphatic rings. The molecule has 0 saturated heterocycles. The number of aliphatic hydroxyl groups excluding tert-OH is 1. The summed E-state index contributed by atoms with van der Waals surface area (Å²) < 4.78 is 0. The van der Waals surface area contributed by atoms with Crippen molar-refractivity contribution in [1.82, 2.24) is 5.32 Å².